The van der Waals surface area contributed by atoms with Crippen molar-refractivity contribution in [3.05, 3.63) is 29.8 Å². The highest BCUT2D eigenvalue weighted by Crippen LogP contribution is 2.14. The first-order valence-corrected chi connectivity index (χ1v) is 4.71. The maximum atomic E-state index is 12.9. The van der Waals surface area contributed by atoms with Crippen molar-refractivity contribution >= 4 is 11.5 Å². The number of hydrogen-bond donors (Lipinski definition) is 3. The van der Waals surface area contributed by atoms with E-state index >= 15 is 0 Å². The van der Waals surface area contributed by atoms with Crippen LogP contribution in [0.15, 0.2) is 23.4 Å². The zero-order chi connectivity index (χ0) is 12.1. The Balaban J connectivity index is 2.63. The van der Waals surface area contributed by atoms with E-state index in [0.717, 1.165) is 12.1 Å². The van der Waals surface area contributed by atoms with E-state index in [1.807, 2.05) is 0 Å². The lowest BCUT2D eigenvalue weighted by molar-refractivity contribution is 0.316. The van der Waals surface area contributed by atoms with Gasteiger partial charge in [0, 0.05) is 24.2 Å². The first-order valence-electron chi connectivity index (χ1n) is 4.71. The quantitative estimate of drug-likeness (QED) is 0.319. The fourth-order valence-electron chi connectivity index (χ4n) is 1.28. The lowest BCUT2D eigenvalue weighted by Gasteiger charge is -2.14. The molecule has 88 valence electrons. The van der Waals surface area contributed by atoms with Gasteiger partial charge in [-0.1, -0.05) is 5.16 Å². The zero-order valence-corrected chi connectivity index (χ0v) is 8.74. The van der Waals surface area contributed by atoms with E-state index in [1.165, 1.54) is 6.07 Å². The number of nitrogens with zero attached hydrogens (tertiary/aromatic N) is 1. The third-order valence-electron chi connectivity index (χ3n) is 1.98. The number of rotatable bonds is 4. The second-order valence-electron chi connectivity index (χ2n) is 3.47. The molecule has 0 aliphatic carbocycles. The standard InChI is InChI=1S/C10H13F2N3O/c1-6(4-10(13)15-16)14-7-2-3-8(11)9(12)5-7/h2-3,5-6,14,16H,4H2,1H3,(H2,13,15). The highest BCUT2D eigenvalue weighted by Gasteiger charge is 2.07. The molecule has 6 heteroatoms. The van der Waals surface area contributed by atoms with Crippen molar-refractivity contribution in [1.82, 2.24) is 0 Å². The summed E-state index contributed by atoms with van der Waals surface area (Å²) in [6.45, 7) is 1.78. The molecule has 0 radical (unpaired) electrons. The van der Waals surface area contributed by atoms with E-state index in [-0.39, 0.29) is 11.9 Å². The number of anilines is 1. The van der Waals surface area contributed by atoms with Crippen LogP contribution in [-0.4, -0.2) is 17.1 Å². The van der Waals surface area contributed by atoms with E-state index in [1.54, 1.807) is 6.92 Å². The number of nitrogens with two attached hydrogens (primary N) is 1. The van der Waals surface area contributed by atoms with E-state index in [9.17, 15) is 8.78 Å². The third-order valence-corrected chi connectivity index (χ3v) is 1.98. The molecule has 1 unspecified atom stereocenters. The summed E-state index contributed by atoms with van der Waals surface area (Å²) in [6.07, 6.45) is 0.301. The molecule has 4 N–H and O–H groups in total. The molecule has 0 saturated carbocycles. The highest BCUT2D eigenvalue weighted by atomic mass is 19.2. The molecule has 0 heterocycles. The van der Waals surface area contributed by atoms with Gasteiger partial charge >= 0.3 is 0 Å². The van der Waals surface area contributed by atoms with Crippen molar-refractivity contribution < 1.29 is 14.0 Å². The number of benzene rings is 1. The molecule has 1 aromatic carbocycles. The number of halogens is 2. The summed E-state index contributed by atoms with van der Waals surface area (Å²) < 4.78 is 25.5. The third kappa shape index (κ3) is 3.38. The number of hydrogen-bond acceptors (Lipinski definition) is 3. The van der Waals surface area contributed by atoms with Crippen LogP contribution < -0.4 is 11.1 Å². The monoisotopic (exact) mass is 229 g/mol. The Labute approximate surface area is 91.8 Å². The molecule has 0 bridgehead atoms. The van der Waals surface area contributed by atoms with Crippen molar-refractivity contribution in [1.29, 1.82) is 0 Å². The van der Waals surface area contributed by atoms with Crippen molar-refractivity contribution in [3.8, 4) is 0 Å². The lowest BCUT2D eigenvalue weighted by Crippen LogP contribution is -2.24. The van der Waals surface area contributed by atoms with Crippen LogP contribution in [0.2, 0.25) is 0 Å². The van der Waals surface area contributed by atoms with Crippen LogP contribution in [-0.2, 0) is 0 Å². The number of amidine groups is 1. The van der Waals surface area contributed by atoms with Gasteiger partial charge in [-0.15, -0.1) is 0 Å². The summed E-state index contributed by atoms with van der Waals surface area (Å²) in [4.78, 5) is 0. The molecule has 0 amide bonds. The van der Waals surface area contributed by atoms with Crippen LogP contribution in [0, 0.1) is 11.6 Å². The molecule has 1 rings (SSSR count). The molecule has 0 aliphatic rings. The van der Waals surface area contributed by atoms with Crippen LogP contribution in [0.1, 0.15) is 13.3 Å². The normalized spacial score (nSPS) is 13.6. The summed E-state index contributed by atoms with van der Waals surface area (Å²) in [7, 11) is 0. The van der Waals surface area contributed by atoms with Gasteiger partial charge in [0.05, 0.1) is 0 Å². The maximum Gasteiger partial charge on any atom is 0.160 e. The molecular weight excluding hydrogens is 216 g/mol. The topological polar surface area (TPSA) is 70.6 Å². The van der Waals surface area contributed by atoms with Gasteiger partial charge in [0.1, 0.15) is 5.84 Å². The molecule has 0 saturated heterocycles. The summed E-state index contributed by atoms with van der Waals surface area (Å²) in [5.41, 5.74) is 5.75. The Kier molecular flexibility index (Phi) is 4.04. The molecule has 1 aromatic rings. The Morgan fingerprint density at radius 1 is 1.50 bits per heavy atom. The van der Waals surface area contributed by atoms with Crippen LogP contribution in [0.4, 0.5) is 14.5 Å². The summed E-state index contributed by atoms with van der Waals surface area (Å²) in [6, 6.07) is 3.36. The first kappa shape index (κ1) is 12.2. The Morgan fingerprint density at radius 3 is 2.75 bits per heavy atom. The maximum absolute atomic E-state index is 12.9. The molecule has 4 nitrogen and oxygen atoms in total. The fraction of sp³-hybridized carbons (Fsp3) is 0.300. The molecule has 0 aliphatic heterocycles. The lowest BCUT2D eigenvalue weighted by atomic mass is 10.2. The number of nitrogens with one attached hydrogen (secondary N) is 1. The van der Waals surface area contributed by atoms with E-state index < -0.39 is 11.6 Å². The summed E-state index contributed by atoms with van der Waals surface area (Å²) in [5.74, 6) is -1.74. The van der Waals surface area contributed by atoms with Crippen LogP contribution in [0.25, 0.3) is 0 Å². The Morgan fingerprint density at radius 2 is 2.19 bits per heavy atom. The molecule has 16 heavy (non-hydrogen) atoms. The summed E-state index contributed by atoms with van der Waals surface area (Å²) in [5, 5.41) is 14.1. The van der Waals surface area contributed by atoms with Crippen molar-refractivity contribution in [2.45, 2.75) is 19.4 Å². The predicted molar refractivity (Wildman–Crippen MR) is 57.5 cm³/mol. The SMILES string of the molecule is CC(CC(N)=NO)Nc1ccc(F)c(F)c1. The van der Waals surface area contributed by atoms with Crippen LogP contribution in [0.5, 0.6) is 0 Å². The molecule has 0 spiro atoms. The van der Waals surface area contributed by atoms with Gasteiger partial charge in [0.25, 0.3) is 0 Å². The second-order valence-corrected chi connectivity index (χ2v) is 3.47. The van der Waals surface area contributed by atoms with Crippen LogP contribution >= 0.6 is 0 Å². The molecule has 0 fully saturated rings. The molecular formula is C10H13F2N3O. The average Bonchev–Trinajstić information content (AvgIpc) is 2.23. The predicted octanol–water partition coefficient (Wildman–Crippen LogP) is 1.90. The van der Waals surface area contributed by atoms with Gasteiger partial charge in [-0.25, -0.2) is 8.78 Å². The van der Waals surface area contributed by atoms with Crippen molar-refractivity contribution in [2.24, 2.45) is 10.9 Å². The van der Waals surface area contributed by atoms with Crippen LogP contribution in [0.3, 0.4) is 0 Å². The Hall–Kier alpha value is -1.85. The van der Waals surface area contributed by atoms with Crippen molar-refractivity contribution in [3.63, 3.8) is 0 Å². The molecule has 1 atom stereocenters. The van der Waals surface area contributed by atoms with Crippen molar-refractivity contribution in [2.75, 3.05) is 5.32 Å². The van der Waals surface area contributed by atoms with Gasteiger partial charge in [-0.2, -0.15) is 0 Å². The van der Waals surface area contributed by atoms with E-state index in [2.05, 4.69) is 10.5 Å². The largest absolute Gasteiger partial charge is 0.409 e. The minimum Gasteiger partial charge on any atom is -0.409 e. The Bertz CT molecular complexity index is 396. The smallest absolute Gasteiger partial charge is 0.160 e. The van der Waals surface area contributed by atoms with Gasteiger partial charge in [0.15, 0.2) is 11.6 Å². The number of oxime groups is 1. The van der Waals surface area contributed by atoms with Gasteiger partial charge < -0.3 is 16.3 Å². The minimum atomic E-state index is -0.916. The minimum absolute atomic E-state index is 0.0718. The van der Waals surface area contributed by atoms with Gasteiger partial charge in [-0.05, 0) is 19.1 Å². The average molecular weight is 229 g/mol. The zero-order valence-electron chi connectivity index (χ0n) is 8.74. The molecule has 0 aromatic heterocycles. The van der Waals surface area contributed by atoms with E-state index in [0.29, 0.717) is 12.1 Å². The second kappa shape index (κ2) is 5.29. The first-order chi connectivity index (χ1) is 7.52. The fourth-order valence-corrected chi connectivity index (χ4v) is 1.28. The van der Waals surface area contributed by atoms with Gasteiger partial charge in [0.2, 0.25) is 0 Å². The highest BCUT2D eigenvalue weighted by molar-refractivity contribution is 5.80. The van der Waals surface area contributed by atoms with E-state index in [4.69, 9.17) is 10.9 Å². The summed E-state index contributed by atoms with van der Waals surface area (Å²) >= 11 is 0. The van der Waals surface area contributed by atoms with Gasteiger partial charge in [-0.3, -0.25) is 0 Å².